The second-order valence-electron chi connectivity index (χ2n) is 4.15. The van der Waals surface area contributed by atoms with Crippen molar-refractivity contribution in [1.82, 2.24) is 0 Å². The average Bonchev–Trinajstić information content (AvgIpc) is 2.25. The Morgan fingerprint density at radius 1 is 1.38 bits per heavy atom. The lowest BCUT2D eigenvalue weighted by molar-refractivity contribution is 0.0913. The quantitative estimate of drug-likeness (QED) is 0.730. The molecule has 1 rings (SSSR count). The Kier molecular flexibility index (Phi) is 4.04. The molecule has 0 saturated heterocycles. The van der Waals surface area contributed by atoms with Crippen molar-refractivity contribution in [3.8, 4) is 5.75 Å². The van der Waals surface area contributed by atoms with Crippen molar-refractivity contribution in [2.75, 3.05) is 13.2 Å². The number of aliphatic hydroxyl groups is 1. The molecule has 4 nitrogen and oxygen atoms in total. The molecule has 0 radical (unpaired) electrons. The number of benzene rings is 1. The van der Waals surface area contributed by atoms with Crippen molar-refractivity contribution in [3.05, 3.63) is 29.8 Å². The minimum Gasteiger partial charge on any atom is -0.491 e. The van der Waals surface area contributed by atoms with Gasteiger partial charge in [0.1, 0.15) is 12.4 Å². The smallest absolute Gasteiger partial charge is 0.182 e. The van der Waals surface area contributed by atoms with E-state index in [2.05, 4.69) is 0 Å². The average molecular weight is 223 g/mol. The van der Waals surface area contributed by atoms with Gasteiger partial charge in [-0.3, -0.25) is 4.79 Å². The second-order valence-corrected chi connectivity index (χ2v) is 4.15. The van der Waals surface area contributed by atoms with Crippen molar-refractivity contribution < 1.29 is 14.6 Å². The van der Waals surface area contributed by atoms with Crippen LogP contribution in [-0.2, 0) is 0 Å². The topological polar surface area (TPSA) is 72.6 Å². The van der Waals surface area contributed by atoms with Crippen molar-refractivity contribution >= 4 is 5.78 Å². The maximum atomic E-state index is 11.8. The van der Waals surface area contributed by atoms with E-state index in [0.29, 0.717) is 11.3 Å². The summed E-state index contributed by atoms with van der Waals surface area (Å²) in [6, 6.07) is 6.72. The SMILES string of the molecule is CC(C)(N)C(=O)c1ccc(OCCO)cc1. The molecule has 4 heteroatoms. The van der Waals surface area contributed by atoms with Crippen molar-refractivity contribution in [1.29, 1.82) is 0 Å². The number of carbonyl (C=O) groups excluding carboxylic acids is 1. The molecule has 1 aromatic carbocycles. The number of carbonyl (C=O) groups is 1. The van der Waals surface area contributed by atoms with E-state index in [1.807, 2.05) is 0 Å². The van der Waals surface area contributed by atoms with Crippen LogP contribution in [-0.4, -0.2) is 29.6 Å². The highest BCUT2D eigenvalue weighted by molar-refractivity contribution is 6.02. The van der Waals surface area contributed by atoms with E-state index in [1.54, 1.807) is 38.1 Å². The summed E-state index contributed by atoms with van der Waals surface area (Å²) in [6.07, 6.45) is 0. The molecule has 0 aliphatic heterocycles. The Hall–Kier alpha value is -1.39. The zero-order chi connectivity index (χ0) is 12.2. The number of hydrogen-bond acceptors (Lipinski definition) is 4. The predicted octanol–water partition coefficient (Wildman–Crippen LogP) is 0.978. The third-order valence-electron chi connectivity index (χ3n) is 2.06. The lowest BCUT2D eigenvalue weighted by atomic mass is 9.94. The molecule has 16 heavy (non-hydrogen) atoms. The van der Waals surface area contributed by atoms with Gasteiger partial charge in [0.2, 0.25) is 0 Å². The van der Waals surface area contributed by atoms with Crippen LogP contribution in [0, 0.1) is 0 Å². The van der Waals surface area contributed by atoms with Gasteiger partial charge < -0.3 is 15.6 Å². The molecule has 0 atom stereocenters. The minimum absolute atomic E-state index is 0.0312. The van der Waals surface area contributed by atoms with Gasteiger partial charge in [-0.15, -0.1) is 0 Å². The van der Waals surface area contributed by atoms with E-state index >= 15 is 0 Å². The molecular weight excluding hydrogens is 206 g/mol. The molecule has 0 saturated carbocycles. The van der Waals surface area contributed by atoms with Gasteiger partial charge in [0.05, 0.1) is 12.1 Å². The van der Waals surface area contributed by atoms with Crippen molar-refractivity contribution in [2.45, 2.75) is 19.4 Å². The summed E-state index contributed by atoms with van der Waals surface area (Å²) < 4.78 is 5.18. The fourth-order valence-corrected chi connectivity index (χ4v) is 1.24. The lowest BCUT2D eigenvalue weighted by Crippen LogP contribution is -2.41. The van der Waals surface area contributed by atoms with Crippen LogP contribution in [0.1, 0.15) is 24.2 Å². The summed E-state index contributed by atoms with van der Waals surface area (Å²) in [7, 11) is 0. The molecule has 0 aliphatic carbocycles. The van der Waals surface area contributed by atoms with Crippen LogP contribution >= 0.6 is 0 Å². The van der Waals surface area contributed by atoms with Gasteiger partial charge in [0.15, 0.2) is 5.78 Å². The number of aliphatic hydroxyl groups excluding tert-OH is 1. The largest absolute Gasteiger partial charge is 0.491 e. The van der Waals surface area contributed by atoms with Crippen LogP contribution in [0.25, 0.3) is 0 Å². The van der Waals surface area contributed by atoms with Crippen molar-refractivity contribution in [2.24, 2.45) is 5.73 Å². The van der Waals surface area contributed by atoms with Gasteiger partial charge >= 0.3 is 0 Å². The summed E-state index contributed by atoms with van der Waals surface area (Å²) in [4.78, 5) is 11.8. The fraction of sp³-hybridized carbons (Fsp3) is 0.417. The molecule has 0 amide bonds. The number of rotatable bonds is 5. The van der Waals surface area contributed by atoms with Gasteiger partial charge in [-0.05, 0) is 38.1 Å². The summed E-state index contributed by atoms with van der Waals surface area (Å²) in [5, 5.41) is 8.58. The number of Topliss-reactive ketones (excluding diaryl/α,β-unsaturated/α-hetero) is 1. The first-order valence-electron chi connectivity index (χ1n) is 5.12. The Morgan fingerprint density at radius 3 is 2.38 bits per heavy atom. The van der Waals surface area contributed by atoms with Crippen LogP contribution in [0.3, 0.4) is 0 Å². The summed E-state index contributed by atoms with van der Waals surface area (Å²) in [5.74, 6) is 0.515. The molecule has 88 valence electrons. The monoisotopic (exact) mass is 223 g/mol. The van der Waals surface area contributed by atoms with Crippen LogP contribution in [0.2, 0.25) is 0 Å². The molecule has 0 unspecified atom stereocenters. The molecular formula is C12H17NO3. The molecule has 0 aliphatic rings. The molecule has 0 heterocycles. The van der Waals surface area contributed by atoms with Crippen LogP contribution in [0.5, 0.6) is 5.75 Å². The fourth-order valence-electron chi connectivity index (χ4n) is 1.24. The number of ether oxygens (including phenoxy) is 1. The minimum atomic E-state index is -0.868. The number of nitrogens with two attached hydrogens (primary N) is 1. The van der Waals surface area contributed by atoms with E-state index in [4.69, 9.17) is 15.6 Å². The maximum Gasteiger partial charge on any atom is 0.182 e. The summed E-state index contributed by atoms with van der Waals surface area (Å²) >= 11 is 0. The van der Waals surface area contributed by atoms with Gasteiger partial charge in [-0.2, -0.15) is 0 Å². The van der Waals surface area contributed by atoms with E-state index in [-0.39, 0.29) is 19.0 Å². The Bertz CT molecular complexity index is 352. The van der Waals surface area contributed by atoms with E-state index in [1.165, 1.54) is 0 Å². The third-order valence-corrected chi connectivity index (χ3v) is 2.06. The highest BCUT2D eigenvalue weighted by atomic mass is 16.5. The zero-order valence-corrected chi connectivity index (χ0v) is 9.56. The Labute approximate surface area is 95.0 Å². The van der Waals surface area contributed by atoms with Crippen molar-refractivity contribution in [3.63, 3.8) is 0 Å². The molecule has 1 aromatic rings. The zero-order valence-electron chi connectivity index (χ0n) is 9.56. The third kappa shape index (κ3) is 3.32. The van der Waals surface area contributed by atoms with E-state index in [9.17, 15) is 4.79 Å². The lowest BCUT2D eigenvalue weighted by Gasteiger charge is -2.16. The van der Waals surface area contributed by atoms with Gasteiger partial charge in [-0.25, -0.2) is 0 Å². The maximum absolute atomic E-state index is 11.8. The van der Waals surface area contributed by atoms with Gasteiger partial charge in [0, 0.05) is 5.56 Å². The molecule has 0 aromatic heterocycles. The number of ketones is 1. The van der Waals surface area contributed by atoms with Gasteiger partial charge in [-0.1, -0.05) is 0 Å². The molecule has 0 fully saturated rings. The Balaban J connectivity index is 2.75. The molecule has 3 N–H and O–H groups in total. The summed E-state index contributed by atoms with van der Waals surface area (Å²) in [6.45, 7) is 3.56. The highest BCUT2D eigenvalue weighted by Gasteiger charge is 2.23. The molecule has 0 bridgehead atoms. The number of hydrogen-bond donors (Lipinski definition) is 2. The van der Waals surface area contributed by atoms with E-state index < -0.39 is 5.54 Å². The normalized spacial score (nSPS) is 11.2. The van der Waals surface area contributed by atoms with E-state index in [0.717, 1.165) is 0 Å². The van der Waals surface area contributed by atoms with Crippen LogP contribution in [0.15, 0.2) is 24.3 Å². The standard InChI is InChI=1S/C12H17NO3/c1-12(2,13)11(15)9-3-5-10(6-4-9)16-8-7-14/h3-6,14H,7-8,13H2,1-2H3. The highest BCUT2D eigenvalue weighted by Crippen LogP contribution is 2.15. The predicted molar refractivity (Wildman–Crippen MR) is 61.6 cm³/mol. The first-order chi connectivity index (χ1) is 7.45. The Morgan fingerprint density at radius 2 is 1.94 bits per heavy atom. The first kappa shape index (κ1) is 12.7. The van der Waals surface area contributed by atoms with Crippen LogP contribution < -0.4 is 10.5 Å². The first-order valence-corrected chi connectivity index (χ1v) is 5.12. The van der Waals surface area contributed by atoms with Crippen LogP contribution in [0.4, 0.5) is 0 Å². The van der Waals surface area contributed by atoms with Gasteiger partial charge in [0.25, 0.3) is 0 Å². The second kappa shape index (κ2) is 5.09. The summed E-state index contributed by atoms with van der Waals surface area (Å²) in [5.41, 5.74) is 5.41. The molecule has 0 spiro atoms.